The fourth-order valence-electron chi connectivity index (χ4n) is 1.64. The van der Waals surface area contributed by atoms with Crippen molar-refractivity contribution >= 4 is 23.7 Å². The Labute approximate surface area is 84.3 Å². The molecule has 0 saturated heterocycles. The number of rotatable bonds is 2. The van der Waals surface area contributed by atoms with Crippen molar-refractivity contribution in [2.45, 2.75) is 25.7 Å². The third kappa shape index (κ3) is 1.33. The molecule has 0 bridgehead atoms. The van der Waals surface area contributed by atoms with Gasteiger partial charge >= 0.3 is 0 Å². The molecule has 14 heavy (non-hydrogen) atoms. The molecular weight excluding hydrogens is 202 g/mol. The molecule has 0 saturated carbocycles. The maximum atomic E-state index is 11.6. The summed E-state index contributed by atoms with van der Waals surface area (Å²) in [5, 5.41) is 0. The predicted molar refractivity (Wildman–Crippen MR) is 51.9 cm³/mol. The van der Waals surface area contributed by atoms with Gasteiger partial charge in [0.15, 0.2) is 0 Å². The van der Waals surface area contributed by atoms with Crippen LogP contribution in [0.5, 0.6) is 0 Å². The zero-order valence-electron chi connectivity index (χ0n) is 7.49. The van der Waals surface area contributed by atoms with Crippen molar-refractivity contribution in [1.82, 2.24) is 3.96 Å². The highest BCUT2D eigenvalue weighted by Gasteiger charge is 2.22. The molecular formula is C9H9NO3S. The highest BCUT2D eigenvalue weighted by atomic mass is 32.1. The summed E-state index contributed by atoms with van der Waals surface area (Å²) in [6.45, 7) is 0. The van der Waals surface area contributed by atoms with Gasteiger partial charge in [0.1, 0.15) is 6.29 Å². The normalized spacial score (nSPS) is 14.0. The minimum absolute atomic E-state index is 0.209. The van der Waals surface area contributed by atoms with Crippen molar-refractivity contribution in [2.24, 2.45) is 0 Å². The van der Waals surface area contributed by atoms with Crippen LogP contribution < -0.4 is 5.56 Å². The first kappa shape index (κ1) is 9.33. The maximum Gasteiger partial charge on any atom is 0.271 e. The van der Waals surface area contributed by atoms with Gasteiger partial charge in [-0.15, -0.1) is 0 Å². The monoisotopic (exact) mass is 211 g/mol. The molecule has 1 aromatic rings. The molecule has 4 nitrogen and oxygen atoms in total. The van der Waals surface area contributed by atoms with Gasteiger partial charge < -0.3 is 4.79 Å². The van der Waals surface area contributed by atoms with Crippen molar-refractivity contribution in [2.75, 3.05) is 0 Å². The number of fused-ring (bicyclic) bond motifs is 1. The van der Waals surface area contributed by atoms with Crippen LogP contribution in [0, 0.1) is 0 Å². The van der Waals surface area contributed by atoms with Crippen molar-refractivity contribution in [3.63, 3.8) is 0 Å². The van der Waals surface area contributed by atoms with Crippen molar-refractivity contribution in [1.29, 1.82) is 0 Å². The number of hydrogen-bond donors (Lipinski definition) is 0. The van der Waals surface area contributed by atoms with Gasteiger partial charge in [-0.3, -0.25) is 9.59 Å². The van der Waals surface area contributed by atoms with E-state index in [9.17, 15) is 14.4 Å². The highest BCUT2D eigenvalue weighted by Crippen LogP contribution is 2.23. The Morgan fingerprint density at radius 3 is 2.93 bits per heavy atom. The molecule has 1 aliphatic carbocycles. The van der Waals surface area contributed by atoms with Crippen LogP contribution in [0.3, 0.4) is 0 Å². The van der Waals surface area contributed by atoms with Gasteiger partial charge in [0.05, 0.1) is 6.42 Å². The molecule has 0 amide bonds. The summed E-state index contributed by atoms with van der Waals surface area (Å²) in [7, 11) is 0. The van der Waals surface area contributed by atoms with E-state index in [1.165, 1.54) is 11.5 Å². The second-order valence-electron chi connectivity index (χ2n) is 3.21. The summed E-state index contributed by atoms with van der Waals surface area (Å²) >= 11 is 1.19. The van der Waals surface area contributed by atoms with E-state index in [0.717, 1.165) is 33.7 Å². The van der Waals surface area contributed by atoms with E-state index in [4.69, 9.17) is 0 Å². The van der Waals surface area contributed by atoms with Gasteiger partial charge in [0, 0.05) is 10.4 Å². The zero-order chi connectivity index (χ0) is 10.1. The minimum Gasteiger partial charge on any atom is -0.303 e. The molecule has 74 valence electrons. The van der Waals surface area contributed by atoms with E-state index in [1.807, 2.05) is 0 Å². The predicted octanol–water partition coefficient (Wildman–Crippen LogP) is 0.628. The first-order chi connectivity index (χ1) is 6.74. The molecule has 0 aliphatic heterocycles. The third-order valence-electron chi connectivity index (χ3n) is 2.30. The molecule has 0 fully saturated rings. The van der Waals surface area contributed by atoms with Gasteiger partial charge in [-0.25, -0.2) is 0 Å². The average molecular weight is 211 g/mol. The Morgan fingerprint density at radius 2 is 2.29 bits per heavy atom. The summed E-state index contributed by atoms with van der Waals surface area (Å²) in [6.07, 6.45) is 2.97. The number of carbonyl (C=O) groups excluding carboxylic acids is 2. The summed E-state index contributed by atoms with van der Waals surface area (Å²) < 4.78 is 1.11. The van der Waals surface area contributed by atoms with Crippen LogP contribution in [-0.4, -0.2) is 16.2 Å². The Morgan fingerprint density at radius 1 is 1.50 bits per heavy atom. The van der Waals surface area contributed by atoms with Crippen LogP contribution in [0.15, 0.2) is 4.79 Å². The number of aromatic nitrogens is 1. The van der Waals surface area contributed by atoms with Gasteiger partial charge in [-0.05, 0) is 19.3 Å². The van der Waals surface area contributed by atoms with Crippen LogP contribution in [0.2, 0.25) is 0 Å². The molecule has 0 atom stereocenters. The van der Waals surface area contributed by atoms with E-state index >= 15 is 0 Å². The number of hydrogen-bond acceptors (Lipinski definition) is 4. The maximum absolute atomic E-state index is 11.6. The number of carbonyl (C=O) groups is 2. The van der Waals surface area contributed by atoms with Crippen LogP contribution in [0.1, 0.15) is 28.1 Å². The quantitative estimate of drug-likeness (QED) is 0.532. The van der Waals surface area contributed by atoms with Gasteiger partial charge in [0.25, 0.3) is 5.56 Å². The van der Waals surface area contributed by atoms with E-state index in [0.29, 0.717) is 6.29 Å². The van der Waals surface area contributed by atoms with E-state index in [2.05, 4.69) is 0 Å². The first-order valence-electron chi connectivity index (χ1n) is 4.45. The van der Waals surface area contributed by atoms with Crippen LogP contribution in [0.25, 0.3) is 0 Å². The fraction of sp³-hybridized carbons (Fsp3) is 0.444. The molecule has 1 aliphatic rings. The molecule has 2 rings (SSSR count). The lowest BCUT2D eigenvalue weighted by Crippen LogP contribution is -2.23. The Balaban J connectivity index is 2.41. The summed E-state index contributed by atoms with van der Waals surface area (Å²) in [4.78, 5) is 34.1. The smallest absolute Gasteiger partial charge is 0.271 e. The lowest BCUT2D eigenvalue weighted by Gasteiger charge is -1.93. The zero-order valence-corrected chi connectivity index (χ0v) is 8.30. The summed E-state index contributed by atoms with van der Waals surface area (Å²) in [5.41, 5.74) is 0.559. The molecule has 0 N–H and O–H groups in total. The standard InChI is InChI=1S/C9H9NO3S/c11-5-4-8(12)10-9(13)6-2-1-3-7(6)14-10/h5H,1-4H2. The first-order valence-corrected chi connectivity index (χ1v) is 5.22. The number of aryl methyl sites for hydroxylation is 1. The molecule has 1 aromatic heterocycles. The van der Waals surface area contributed by atoms with E-state index < -0.39 is 5.91 Å². The van der Waals surface area contributed by atoms with Crippen LogP contribution in [0.4, 0.5) is 0 Å². The Hall–Kier alpha value is -1.23. The molecule has 0 spiro atoms. The highest BCUT2D eigenvalue weighted by molar-refractivity contribution is 7.07. The van der Waals surface area contributed by atoms with Crippen molar-refractivity contribution in [3.8, 4) is 0 Å². The lowest BCUT2D eigenvalue weighted by molar-refractivity contribution is -0.107. The minimum atomic E-state index is -0.413. The topological polar surface area (TPSA) is 56.1 Å². The van der Waals surface area contributed by atoms with E-state index in [-0.39, 0.29) is 12.0 Å². The summed E-state index contributed by atoms with van der Waals surface area (Å²) in [6, 6.07) is 0. The summed E-state index contributed by atoms with van der Waals surface area (Å²) in [5.74, 6) is -0.413. The molecule has 0 radical (unpaired) electrons. The van der Waals surface area contributed by atoms with Crippen LogP contribution in [-0.2, 0) is 17.6 Å². The SMILES string of the molecule is O=CCC(=O)n1sc2c(c1=O)CCC2. The molecule has 5 heteroatoms. The van der Waals surface area contributed by atoms with Crippen molar-refractivity contribution in [3.05, 3.63) is 20.8 Å². The van der Waals surface area contributed by atoms with Gasteiger partial charge in [-0.2, -0.15) is 3.96 Å². The molecule has 0 aromatic carbocycles. The second-order valence-corrected chi connectivity index (χ2v) is 4.25. The second kappa shape index (κ2) is 3.49. The average Bonchev–Trinajstić information content (AvgIpc) is 2.69. The third-order valence-corrected chi connectivity index (χ3v) is 3.52. The lowest BCUT2D eigenvalue weighted by atomic mass is 10.3. The fourth-order valence-corrected chi connectivity index (χ4v) is 2.76. The largest absolute Gasteiger partial charge is 0.303 e. The Bertz CT molecular complexity index is 443. The van der Waals surface area contributed by atoms with Crippen LogP contribution >= 0.6 is 11.5 Å². The Kier molecular flexibility index (Phi) is 2.33. The number of aldehydes is 1. The van der Waals surface area contributed by atoms with Crippen molar-refractivity contribution < 1.29 is 9.59 Å². The molecule has 1 heterocycles. The van der Waals surface area contributed by atoms with E-state index in [1.54, 1.807) is 0 Å². The van der Waals surface area contributed by atoms with Gasteiger partial charge in [0.2, 0.25) is 5.91 Å². The molecule has 0 unspecified atom stereocenters. The van der Waals surface area contributed by atoms with Gasteiger partial charge in [-0.1, -0.05) is 11.5 Å². The number of nitrogens with zero attached hydrogens (tertiary/aromatic N) is 1.